The zero-order chi connectivity index (χ0) is 99.7. The number of amides is 5. The van der Waals surface area contributed by atoms with E-state index in [4.69, 9.17) is 46.5 Å². The van der Waals surface area contributed by atoms with Crippen molar-refractivity contribution in [3.8, 4) is 89.6 Å². The summed E-state index contributed by atoms with van der Waals surface area (Å²) < 4.78 is 137. The minimum absolute atomic E-state index is 0.0192. The maximum atomic E-state index is 13.9. The molecular formula is C98H76F8N18O13S4. The minimum Gasteiger partial charge on any atom is -0.481 e. The number of thiophene rings is 4. The highest BCUT2D eigenvalue weighted by molar-refractivity contribution is 7.17. The third-order valence-electron chi connectivity index (χ3n) is 23.1. The number of carbonyl (C=O) groups excluding carboxylic acids is 7. The monoisotopic (exact) mass is 1990 g/mol. The molecule has 0 aliphatic carbocycles. The number of aromatic nitrogens is 8. The van der Waals surface area contributed by atoms with Gasteiger partial charge in [-0.1, -0.05) is 75.7 Å². The van der Waals surface area contributed by atoms with Gasteiger partial charge in [-0.05, 0) is 170 Å². The van der Waals surface area contributed by atoms with E-state index in [0.717, 1.165) is 74.9 Å². The van der Waals surface area contributed by atoms with Crippen LogP contribution >= 0.6 is 45.3 Å². The smallest absolute Gasteiger partial charge is 0.346 e. The molecule has 716 valence electrons. The van der Waals surface area contributed by atoms with Crippen molar-refractivity contribution in [1.82, 2.24) is 54.2 Å². The Morgan fingerprint density at radius 1 is 0.397 bits per heavy atom. The van der Waals surface area contributed by atoms with Crippen LogP contribution in [0.3, 0.4) is 0 Å². The molecule has 6 aromatic carbocycles. The number of aromatic carboxylic acids is 1. The first-order chi connectivity index (χ1) is 67.9. The second-order valence-corrected chi connectivity index (χ2v) is 36.8. The lowest BCUT2D eigenvalue weighted by Crippen LogP contribution is -2.46. The number of nitriles is 4. The van der Waals surface area contributed by atoms with Gasteiger partial charge in [0.25, 0.3) is 29.5 Å². The maximum absolute atomic E-state index is 13.9. The first-order valence-electron chi connectivity index (χ1n) is 43.3. The van der Waals surface area contributed by atoms with Gasteiger partial charge in [0.2, 0.25) is 0 Å². The van der Waals surface area contributed by atoms with Crippen molar-refractivity contribution in [3.05, 3.63) is 303 Å². The normalized spacial score (nSPS) is 14.0. The van der Waals surface area contributed by atoms with Crippen LogP contribution in [0.2, 0.25) is 0 Å². The van der Waals surface area contributed by atoms with E-state index in [2.05, 4.69) is 50.0 Å². The number of carboxylic acid groups (broad SMARTS) is 1. The van der Waals surface area contributed by atoms with Crippen LogP contribution in [0.5, 0.6) is 20.3 Å². The fourth-order valence-electron chi connectivity index (χ4n) is 16.7. The number of rotatable bonds is 23. The Bertz CT molecular complexity index is 7170. The Morgan fingerprint density at radius 2 is 0.716 bits per heavy atom. The number of nitrogens with one attached hydrogen (secondary N) is 1. The highest BCUT2D eigenvalue weighted by atomic mass is 32.1. The largest absolute Gasteiger partial charge is 0.481 e. The van der Waals surface area contributed by atoms with Gasteiger partial charge in [0, 0.05) is 50.2 Å². The van der Waals surface area contributed by atoms with Crippen molar-refractivity contribution in [2.75, 3.05) is 52.6 Å². The van der Waals surface area contributed by atoms with Crippen LogP contribution in [0.25, 0.3) is 45.0 Å². The number of nitrogens with two attached hydrogens (primary N) is 3. The molecule has 0 bridgehead atoms. The van der Waals surface area contributed by atoms with E-state index >= 15 is 0 Å². The van der Waals surface area contributed by atoms with E-state index in [-0.39, 0.29) is 114 Å². The minimum atomic E-state index is -0.999. The first-order valence-corrected chi connectivity index (χ1v) is 46.6. The van der Waals surface area contributed by atoms with Crippen LogP contribution in [0.15, 0.2) is 170 Å². The number of carbonyl (C=O) groups is 8. The Balaban J connectivity index is 0.000000130. The average molecular weight is 1990 g/mol. The first kappa shape index (κ1) is 98.1. The predicted molar refractivity (Wildman–Crippen MR) is 496 cm³/mol. The fourth-order valence-corrected chi connectivity index (χ4v) is 20.5. The maximum Gasteiger partial charge on any atom is 0.346 e. The molecule has 8 aromatic heterocycles. The highest BCUT2D eigenvalue weighted by Gasteiger charge is 2.40. The highest BCUT2D eigenvalue weighted by Crippen LogP contribution is 2.47. The molecule has 31 nitrogen and oxygen atoms in total. The Morgan fingerprint density at radius 3 is 1.05 bits per heavy atom. The van der Waals surface area contributed by atoms with Gasteiger partial charge in [-0.15, -0.1) is 0 Å². The number of fused-ring (bicyclic) bond motifs is 14. The van der Waals surface area contributed by atoms with E-state index < -0.39 is 82.3 Å². The molecule has 0 saturated heterocycles. The number of nitrogens with zero attached hydrogens (tertiary/aromatic N) is 14. The van der Waals surface area contributed by atoms with Crippen molar-refractivity contribution >= 4 is 92.4 Å². The molecule has 14 heterocycles. The molecule has 0 unspecified atom stereocenters. The topological polar surface area (TPSA) is 457 Å². The molecule has 0 saturated carbocycles. The van der Waals surface area contributed by atoms with Crippen LogP contribution in [0.4, 0.5) is 35.1 Å². The number of benzene rings is 6. The quantitative estimate of drug-likeness (QED) is 0.0225. The molecule has 0 spiro atoms. The summed E-state index contributed by atoms with van der Waals surface area (Å²) in [6, 6.07) is 39.6. The van der Waals surface area contributed by atoms with E-state index in [1.807, 2.05) is 0 Å². The number of imide groups is 2. The summed E-state index contributed by atoms with van der Waals surface area (Å²) in [5, 5.41) is 68.1. The Hall–Kier alpha value is -16.0. The second kappa shape index (κ2) is 42.9. The van der Waals surface area contributed by atoms with E-state index in [0.29, 0.717) is 191 Å². The number of halogens is 8. The van der Waals surface area contributed by atoms with Crippen molar-refractivity contribution in [3.63, 3.8) is 0 Å². The van der Waals surface area contributed by atoms with Crippen molar-refractivity contribution < 1.29 is 97.5 Å². The average Bonchev–Trinajstić information content (AvgIpc) is 1.63. The van der Waals surface area contributed by atoms with Gasteiger partial charge in [0.15, 0.2) is 43.5 Å². The molecule has 5 amide bonds. The SMILES string of the molecule is N#Cc1cnn2c1-c1cc(C(=O)C[C@H](CN)Cc3cc(F)cc(F)c3)sc1OCC2.N#Cc1cnn2c1-c1cc(C(=O)C[C@H](CN)Cc3cc(F)cc(F)c3)sc1OCC2.N#Cc1cnn2c1-c1cc(C(=O)N[C@@H](Cc3cc(F)cc(F)c3)CN3C(=O)c4ccccc4C3=O)sc1OCC2.N#Cc1cnn2c1-c1cc(C(=O)O)sc1OCC2.N[C@@H](Cc1ccc(F)c(F)c1)CN1C(=O)c2ccccc2C1=O. The second-order valence-electron chi connectivity index (χ2n) is 32.7. The molecular weight excluding hydrogens is 1920 g/mol. The van der Waals surface area contributed by atoms with Crippen molar-refractivity contribution in [2.45, 2.75) is 76.8 Å². The lowest BCUT2D eigenvalue weighted by molar-refractivity contribution is 0.0622. The summed E-state index contributed by atoms with van der Waals surface area (Å²) in [6.45, 7) is 3.69. The summed E-state index contributed by atoms with van der Waals surface area (Å²) in [5.74, 6) is -10.2. The van der Waals surface area contributed by atoms with Crippen molar-refractivity contribution in [2.24, 2.45) is 29.0 Å². The number of hydrogen-bond acceptors (Lipinski definition) is 27. The van der Waals surface area contributed by atoms with Gasteiger partial charge >= 0.3 is 5.97 Å². The third kappa shape index (κ3) is 21.8. The van der Waals surface area contributed by atoms with Gasteiger partial charge in [0.1, 0.15) is 90.5 Å². The summed E-state index contributed by atoms with van der Waals surface area (Å²) >= 11 is 4.60. The molecule has 14 aromatic rings. The zero-order valence-corrected chi connectivity index (χ0v) is 77.0. The Labute approximate surface area is 811 Å². The van der Waals surface area contributed by atoms with Crippen molar-refractivity contribution in [1.29, 1.82) is 21.0 Å². The number of carboxylic acids is 1. The summed E-state index contributed by atoms with van der Waals surface area (Å²) in [5.41, 5.74) is 27.1. The van der Waals surface area contributed by atoms with E-state index in [1.54, 1.807) is 85.5 Å². The van der Waals surface area contributed by atoms with Crippen LogP contribution in [-0.4, -0.2) is 166 Å². The standard InChI is InChI=1S/C28H19F2N5O4S.2C21H18F2N4O2S.C17H14F2N2O2.C11H7N3O3S/c29-17-7-15(8-18(30)10-17)9-19(14-34-26(37)20-3-1-2-4-21(20)27(34)38)33-25(36)23-11-22-24-16(12-31)13-32-35(24)5-6-39-28(22)40-23;2*22-15-4-12(5-16(23)7-15)3-13(9-24)6-18(28)19-8-17-20-14(10-25)11-26-27(20)1-2-29-21(17)30-19;18-14-6-5-10(8-15(14)19)7-11(20)9-21-16(22)12-3-1-2-4-13(12)17(21)23;12-4-6-5-13-14-1-2-17-11-7(9(6)14)3-8(18-11)10(15)16/h1-4,7-8,10-11,13,19H,5-6,9,14H2,(H,33,36);2*4-5,7-8,11,13H,1-3,6,9,24H2;1-6,8,11H,7,9,20H2;3,5H,1-2H2,(H,15,16)/t19-;2*13-;11-;/m0110./s1. The molecule has 6 aliphatic heterocycles. The summed E-state index contributed by atoms with van der Waals surface area (Å²) in [7, 11) is 0. The number of ether oxygens (including phenoxy) is 4. The number of hydrogen-bond donors (Lipinski definition) is 5. The van der Waals surface area contributed by atoms with Crippen LogP contribution in [0.1, 0.15) is 137 Å². The van der Waals surface area contributed by atoms with Crippen LogP contribution in [-0.2, 0) is 51.9 Å². The van der Waals surface area contributed by atoms with Gasteiger partial charge in [0.05, 0.1) is 161 Å². The molecule has 141 heavy (non-hydrogen) atoms. The summed E-state index contributed by atoms with van der Waals surface area (Å²) in [6.07, 6.45) is 6.99. The molecule has 4 atom stereocenters. The lowest BCUT2D eigenvalue weighted by Gasteiger charge is -2.24. The molecule has 8 N–H and O–H groups in total. The molecule has 43 heteroatoms. The molecule has 0 fully saturated rings. The van der Waals surface area contributed by atoms with E-state index in [9.17, 15) is 89.3 Å². The van der Waals surface area contributed by atoms with Gasteiger partial charge in [-0.2, -0.15) is 41.4 Å². The fraction of sp³-hybridized carbons (Fsp3) is 0.224. The third-order valence-corrected chi connectivity index (χ3v) is 27.3. The summed E-state index contributed by atoms with van der Waals surface area (Å²) in [4.78, 5) is 104. The number of ketones is 2. The molecule has 0 radical (unpaired) electrons. The van der Waals surface area contributed by atoms with Crippen LogP contribution in [0, 0.1) is 104 Å². The predicted octanol–water partition coefficient (Wildman–Crippen LogP) is 14.6. The zero-order valence-electron chi connectivity index (χ0n) is 73.7. The number of Topliss-reactive ketones (excluding diaryl/α,β-unsaturated/α-hetero) is 2. The molecule has 20 rings (SSSR count). The van der Waals surface area contributed by atoms with Crippen LogP contribution < -0.4 is 41.5 Å². The Kier molecular flexibility index (Phi) is 29.9. The van der Waals surface area contributed by atoms with Gasteiger partial charge in [-0.3, -0.25) is 62.1 Å². The van der Waals surface area contributed by atoms with Gasteiger partial charge in [-0.25, -0.2) is 39.9 Å². The van der Waals surface area contributed by atoms with Gasteiger partial charge < -0.3 is 46.6 Å². The molecule has 6 aliphatic rings. The van der Waals surface area contributed by atoms with E-state index in [1.165, 1.54) is 83.9 Å². The lowest BCUT2D eigenvalue weighted by atomic mass is 9.93.